The number of benzene rings is 1. The van der Waals surface area contributed by atoms with Crippen LogP contribution in [0.25, 0.3) is 0 Å². The number of unbranched alkanes of at least 4 members (excludes halogenated alkanes) is 3. The van der Waals surface area contributed by atoms with Crippen LogP contribution in [0, 0.1) is 0 Å². The first-order valence-corrected chi connectivity index (χ1v) is 7.12. The number of alkyl halides is 1. The molecule has 1 aromatic carbocycles. The molecule has 0 spiro atoms. The Labute approximate surface area is 119 Å². The molecule has 19 heavy (non-hydrogen) atoms. The van der Waals surface area contributed by atoms with E-state index in [-0.39, 0.29) is 6.61 Å². The standard InChI is InChI=1S/C15H21FO2S/c1-2-3-4-5-6-13(16)11-18-14-9-7-12(8-10-14)15(17)19/h7-10,13H,2-6,11H2,1H3,(H,17,19)/p-1. The summed E-state index contributed by atoms with van der Waals surface area (Å²) in [5.74, 6) is 0.566. The summed E-state index contributed by atoms with van der Waals surface area (Å²) in [6.07, 6.45) is 3.90. The molecule has 1 unspecified atom stereocenters. The lowest BCUT2D eigenvalue weighted by molar-refractivity contribution is 0.109. The highest BCUT2D eigenvalue weighted by atomic mass is 32.1. The third-order valence-corrected chi connectivity index (χ3v) is 3.13. The highest BCUT2D eigenvalue weighted by Gasteiger charge is 2.07. The summed E-state index contributed by atoms with van der Waals surface area (Å²) in [6, 6.07) is 6.48. The number of hydrogen-bond acceptors (Lipinski definition) is 3. The van der Waals surface area contributed by atoms with E-state index in [1.807, 2.05) is 0 Å². The van der Waals surface area contributed by atoms with E-state index in [9.17, 15) is 9.18 Å². The Morgan fingerprint density at radius 1 is 1.26 bits per heavy atom. The van der Waals surface area contributed by atoms with Crippen molar-refractivity contribution >= 4 is 17.7 Å². The minimum absolute atomic E-state index is 0.0628. The summed E-state index contributed by atoms with van der Waals surface area (Å²) in [7, 11) is 0. The molecule has 0 saturated heterocycles. The van der Waals surface area contributed by atoms with Gasteiger partial charge in [0.25, 0.3) is 0 Å². The lowest BCUT2D eigenvalue weighted by atomic mass is 10.1. The molecule has 4 heteroatoms. The summed E-state index contributed by atoms with van der Waals surface area (Å²) in [5.41, 5.74) is 0.457. The molecule has 2 nitrogen and oxygen atoms in total. The van der Waals surface area contributed by atoms with Gasteiger partial charge in [0, 0.05) is 5.12 Å². The fourth-order valence-corrected chi connectivity index (χ4v) is 1.89. The molecule has 0 bridgehead atoms. The number of rotatable bonds is 9. The zero-order valence-electron chi connectivity index (χ0n) is 11.2. The molecule has 0 heterocycles. The Hall–Kier alpha value is -1.16. The minimum atomic E-state index is -0.933. The zero-order chi connectivity index (χ0) is 14.1. The van der Waals surface area contributed by atoms with E-state index in [1.54, 1.807) is 24.3 Å². The molecule has 0 N–H and O–H groups in total. The minimum Gasteiger partial charge on any atom is -0.737 e. The van der Waals surface area contributed by atoms with Crippen LogP contribution in [0.2, 0.25) is 0 Å². The van der Waals surface area contributed by atoms with Crippen molar-refractivity contribution in [3.63, 3.8) is 0 Å². The van der Waals surface area contributed by atoms with Gasteiger partial charge in [-0.15, -0.1) is 0 Å². The molecule has 0 aliphatic carbocycles. The van der Waals surface area contributed by atoms with Gasteiger partial charge < -0.3 is 22.2 Å². The number of carbonyl (C=O) groups is 1. The summed E-state index contributed by atoms with van der Waals surface area (Å²) in [6.45, 7) is 2.20. The van der Waals surface area contributed by atoms with Crippen LogP contribution in [-0.4, -0.2) is 17.9 Å². The molecule has 0 aliphatic rings. The SMILES string of the molecule is CCCCCCC(F)COc1ccc(C(=O)[S-])cc1. The number of ether oxygens (including phenoxy) is 1. The Bertz CT molecular complexity index is 378. The van der Waals surface area contributed by atoms with Crippen LogP contribution in [0.1, 0.15) is 49.4 Å². The fourth-order valence-electron chi connectivity index (χ4n) is 1.75. The fraction of sp³-hybridized carbons (Fsp3) is 0.533. The Balaban J connectivity index is 2.25. The van der Waals surface area contributed by atoms with Gasteiger partial charge in [0.1, 0.15) is 18.5 Å². The highest BCUT2D eigenvalue weighted by molar-refractivity contribution is 7.77. The maximum atomic E-state index is 13.5. The van der Waals surface area contributed by atoms with Crippen molar-refractivity contribution in [2.24, 2.45) is 0 Å². The van der Waals surface area contributed by atoms with Gasteiger partial charge in [-0.25, -0.2) is 4.39 Å². The Morgan fingerprint density at radius 2 is 1.95 bits per heavy atom. The number of halogens is 1. The first-order valence-electron chi connectivity index (χ1n) is 6.71. The van der Waals surface area contributed by atoms with Crippen molar-refractivity contribution in [2.75, 3.05) is 6.61 Å². The van der Waals surface area contributed by atoms with E-state index < -0.39 is 11.3 Å². The molecule has 106 valence electrons. The van der Waals surface area contributed by atoms with Crippen molar-refractivity contribution in [1.82, 2.24) is 0 Å². The van der Waals surface area contributed by atoms with Crippen LogP contribution < -0.4 is 4.74 Å². The van der Waals surface area contributed by atoms with Crippen molar-refractivity contribution < 1.29 is 13.9 Å². The van der Waals surface area contributed by atoms with Gasteiger partial charge in [-0.3, -0.25) is 0 Å². The summed E-state index contributed by atoms with van der Waals surface area (Å²) < 4.78 is 18.9. The van der Waals surface area contributed by atoms with Gasteiger partial charge in [-0.2, -0.15) is 0 Å². The molecule has 1 atom stereocenters. The second kappa shape index (κ2) is 8.86. The van der Waals surface area contributed by atoms with Crippen LogP contribution in [0.15, 0.2) is 24.3 Å². The molecule has 0 fully saturated rings. The van der Waals surface area contributed by atoms with Gasteiger partial charge in [0.15, 0.2) is 0 Å². The molecule has 1 aromatic rings. The van der Waals surface area contributed by atoms with Crippen LogP contribution in [-0.2, 0) is 12.6 Å². The molecule has 0 radical (unpaired) electrons. The third-order valence-electron chi connectivity index (χ3n) is 2.89. The van der Waals surface area contributed by atoms with E-state index in [4.69, 9.17) is 4.74 Å². The van der Waals surface area contributed by atoms with Gasteiger partial charge in [0.05, 0.1) is 0 Å². The molecule has 0 saturated carbocycles. The van der Waals surface area contributed by atoms with Crippen molar-refractivity contribution in [2.45, 2.75) is 45.2 Å². The quantitative estimate of drug-likeness (QED) is 0.505. The van der Waals surface area contributed by atoms with Crippen molar-refractivity contribution in [3.8, 4) is 5.75 Å². The van der Waals surface area contributed by atoms with Crippen LogP contribution in [0.5, 0.6) is 5.75 Å². The molecule has 0 amide bonds. The molecule has 0 aromatic heterocycles. The summed E-state index contributed by atoms with van der Waals surface area (Å²) in [4.78, 5) is 10.9. The first-order chi connectivity index (χ1) is 9.13. The average Bonchev–Trinajstić information content (AvgIpc) is 2.42. The number of hydrogen-bond donors (Lipinski definition) is 0. The van der Waals surface area contributed by atoms with E-state index in [0.717, 1.165) is 25.7 Å². The second-order valence-corrected chi connectivity index (χ2v) is 4.94. The van der Waals surface area contributed by atoms with Gasteiger partial charge >= 0.3 is 0 Å². The maximum absolute atomic E-state index is 13.5. The Morgan fingerprint density at radius 3 is 2.53 bits per heavy atom. The lowest BCUT2D eigenvalue weighted by Crippen LogP contribution is -2.12. The van der Waals surface area contributed by atoms with Gasteiger partial charge in [-0.1, -0.05) is 32.6 Å². The topological polar surface area (TPSA) is 26.3 Å². The predicted molar refractivity (Wildman–Crippen MR) is 77.3 cm³/mol. The van der Waals surface area contributed by atoms with Crippen molar-refractivity contribution in [3.05, 3.63) is 29.8 Å². The van der Waals surface area contributed by atoms with E-state index >= 15 is 0 Å². The summed E-state index contributed by atoms with van der Waals surface area (Å²) >= 11 is 4.52. The van der Waals surface area contributed by atoms with Crippen LogP contribution in [0.3, 0.4) is 0 Å². The van der Waals surface area contributed by atoms with E-state index in [0.29, 0.717) is 17.7 Å². The van der Waals surface area contributed by atoms with Gasteiger partial charge in [0.2, 0.25) is 0 Å². The molecule has 1 rings (SSSR count). The van der Waals surface area contributed by atoms with Crippen LogP contribution in [0.4, 0.5) is 4.39 Å². The maximum Gasteiger partial charge on any atom is 0.134 e. The smallest absolute Gasteiger partial charge is 0.134 e. The largest absolute Gasteiger partial charge is 0.737 e. The van der Waals surface area contributed by atoms with Crippen LogP contribution >= 0.6 is 0 Å². The average molecular weight is 283 g/mol. The third kappa shape index (κ3) is 6.53. The normalized spacial score (nSPS) is 12.1. The Kier molecular flexibility index (Phi) is 7.41. The van der Waals surface area contributed by atoms with Crippen molar-refractivity contribution in [1.29, 1.82) is 0 Å². The molecular weight excluding hydrogens is 263 g/mol. The summed E-state index contributed by atoms with van der Waals surface area (Å²) in [5, 5.41) is -0.397. The zero-order valence-corrected chi connectivity index (χ0v) is 12.0. The molecular formula is C15H20FO2S-. The molecule has 0 aliphatic heterocycles. The van der Waals surface area contributed by atoms with Gasteiger partial charge in [-0.05, 0) is 36.2 Å². The highest BCUT2D eigenvalue weighted by Crippen LogP contribution is 2.14. The lowest BCUT2D eigenvalue weighted by Gasteiger charge is -2.11. The number of carbonyl (C=O) groups excluding carboxylic acids is 1. The second-order valence-electron chi connectivity index (χ2n) is 4.57. The first kappa shape index (κ1) is 15.9. The predicted octanol–water partition coefficient (Wildman–Crippen LogP) is 4.06. The van der Waals surface area contributed by atoms with E-state index in [1.165, 1.54) is 0 Å². The van der Waals surface area contributed by atoms with E-state index in [2.05, 4.69) is 19.6 Å². The monoisotopic (exact) mass is 283 g/mol.